The van der Waals surface area contributed by atoms with E-state index in [9.17, 15) is 20.4 Å². The highest BCUT2D eigenvalue weighted by Crippen LogP contribution is 2.24. The van der Waals surface area contributed by atoms with Gasteiger partial charge in [-0.1, -0.05) is 13.5 Å². The van der Waals surface area contributed by atoms with Gasteiger partial charge in [-0.05, 0) is 6.42 Å². The minimum atomic E-state index is -1.06. The number of hydrogen-bond donors (Lipinski definition) is 4. The van der Waals surface area contributed by atoms with Crippen LogP contribution in [-0.2, 0) is 9.47 Å². The van der Waals surface area contributed by atoms with Crippen molar-refractivity contribution in [1.29, 1.82) is 0 Å². The molecule has 0 aliphatic carbocycles. The van der Waals surface area contributed by atoms with Crippen LogP contribution >= 0.6 is 0 Å². The van der Waals surface area contributed by atoms with Crippen molar-refractivity contribution in [2.75, 3.05) is 46.2 Å². The molecule has 0 saturated carbocycles. The van der Waals surface area contributed by atoms with E-state index in [1.165, 1.54) is 6.26 Å². The normalized spacial score (nSPS) is 15.0. The minimum Gasteiger partial charge on any atom is -0.501 e. The highest BCUT2D eigenvalue weighted by Gasteiger charge is 2.32. The average Bonchev–Trinajstić information content (AvgIpc) is 2.48. The molecule has 0 aromatic heterocycles. The lowest BCUT2D eigenvalue weighted by atomic mass is 9.87. The highest BCUT2D eigenvalue weighted by molar-refractivity contribution is 4.80. The molecule has 19 heavy (non-hydrogen) atoms. The molecule has 0 aliphatic heterocycles. The number of rotatable bonds is 12. The second-order valence-electron chi connectivity index (χ2n) is 4.96. The van der Waals surface area contributed by atoms with Crippen molar-refractivity contribution in [3.05, 3.63) is 12.8 Å². The Labute approximate surface area is 114 Å². The van der Waals surface area contributed by atoms with Crippen molar-refractivity contribution >= 4 is 0 Å². The number of hydrogen-bond acceptors (Lipinski definition) is 6. The summed E-state index contributed by atoms with van der Waals surface area (Å²) in [5, 5.41) is 37.0. The summed E-state index contributed by atoms with van der Waals surface area (Å²) in [6.45, 7) is 4.61. The third-order valence-electron chi connectivity index (χ3n) is 3.42. The summed E-state index contributed by atoms with van der Waals surface area (Å²) in [4.78, 5) is 0. The van der Waals surface area contributed by atoms with Crippen LogP contribution in [0, 0.1) is 10.8 Å². The first kappa shape index (κ1) is 18.3. The molecule has 4 N–H and O–H groups in total. The molecular weight excluding hydrogens is 252 g/mol. The van der Waals surface area contributed by atoms with Gasteiger partial charge in [0.2, 0.25) is 0 Å². The van der Waals surface area contributed by atoms with Crippen LogP contribution in [0.5, 0.6) is 0 Å². The summed E-state index contributed by atoms with van der Waals surface area (Å²) in [5.41, 5.74) is -1.62. The van der Waals surface area contributed by atoms with Crippen LogP contribution in [0.3, 0.4) is 0 Å². The van der Waals surface area contributed by atoms with E-state index in [2.05, 4.69) is 6.58 Å². The summed E-state index contributed by atoms with van der Waals surface area (Å²) in [6.07, 6.45) is 1.95. The second-order valence-corrected chi connectivity index (χ2v) is 4.96. The first-order valence-electron chi connectivity index (χ1n) is 6.31. The Balaban J connectivity index is 4.43. The summed E-state index contributed by atoms with van der Waals surface area (Å²) >= 11 is 0. The van der Waals surface area contributed by atoms with Crippen LogP contribution in [0.2, 0.25) is 0 Å². The van der Waals surface area contributed by atoms with Gasteiger partial charge in [0.15, 0.2) is 0 Å². The number of ether oxygens (including phenoxy) is 2. The van der Waals surface area contributed by atoms with Crippen LogP contribution in [0.25, 0.3) is 0 Å². The Morgan fingerprint density at radius 1 is 0.895 bits per heavy atom. The van der Waals surface area contributed by atoms with E-state index in [1.807, 2.05) is 6.92 Å². The summed E-state index contributed by atoms with van der Waals surface area (Å²) in [5.74, 6) is 0. The Bertz CT molecular complexity index is 227. The minimum absolute atomic E-state index is 0.00629. The van der Waals surface area contributed by atoms with E-state index in [4.69, 9.17) is 9.47 Å². The van der Waals surface area contributed by atoms with Crippen molar-refractivity contribution in [2.45, 2.75) is 13.3 Å². The van der Waals surface area contributed by atoms with E-state index in [0.717, 1.165) is 0 Å². The molecule has 114 valence electrons. The lowest BCUT2D eigenvalue weighted by Crippen LogP contribution is -2.41. The standard InChI is InChI=1S/C13H26O6/c1-3-12(5-14,9-18-4-2)10-19-11-13(6-15,7-16)8-17/h4,14-17H,2-3,5-11H2,1H3. The van der Waals surface area contributed by atoms with E-state index in [0.29, 0.717) is 6.42 Å². The maximum Gasteiger partial charge on any atom is 0.0973 e. The van der Waals surface area contributed by atoms with Gasteiger partial charge in [0.25, 0.3) is 0 Å². The molecule has 0 aromatic rings. The van der Waals surface area contributed by atoms with E-state index >= 15 is 0 Å². The molecule has 0 amide bonds. The quantitative estimate of drug-likeness (QED) is 0.360. The molecule has 0 heterocycles. The molecule has 6 nitrogen and oxygen atoms in total. The van der Waals surface area contributed by atoms with Crippen LogP contribution in [0.15, 0.2) is 12.8 Å². The van der Waals surface area contributed by atoms with Gasteiger partial charge < -0.3 is 29.9 Å². The van der Waals surface area contributed by atoms with Gasteiger partial charge in [-0.25, -0.2) is 0 Å². The van der Waals surface area contributed by atoms with Crippen molar-refractivity contribution in [1.82, 2.24) is 0 Å². The lowest BCUT2D eigenvalue weighted by Gasteiger charge is -2.32. The lowest BCUT2D eigenvalue weighted by molar-refractivity contribution is -0.0930. The Morgan fingerprint density at radius 3 is 1.74 bits per heavy atom. The first-order chi connectivity index (χ1) is 9.07. The fourth-order valence-corrected chi connectivity index (χ4v) is 1.46. The third kappa shape index (κ3) is 5.46. The first-order valence-corrected chi connectivity index (χ1v) is 6.31. The number of aliphatic hydroxyl groups is 4. The summed E-state index contributed by atoms with van der Waals surface area (Å²) in [6, 6.07) is 0. The monoisotopic (exact) mass is 278 g/mol. The zero-order chi connectivity index (χ0) is 14.8. The predicted molar refractivity (Wildman–Crippen MR) is 70.5 cm³/mol. The summed E-state index contributed by atoms with van der Waals surface area (Å²) in [7, 11) is 0. The van der Waals surface area contributed by atoms with Gasteiger partial charge in [-0.15, -0.1) is 0 Å². The van der Waals surface area contributed by atoms with E-state index in [1.54, 1.807) is 0 Å². The van der Waals surface area contributed by atoms with Gasteiger partial charge in [0, 0.05) is 0 Å². The molecule has 6 heteroatoms. The Hall–Kier alpha value is -0.660. The highest BCUT2D eigenvalue weighted by atomic mass is 16.5. The topological polar surface area (TPSA) is 99.4 Å². The van der Waals surface area contributed by atoms with Gasteiger partial charge in [-0.2, -0.15) is 0 Å². The zero-order valence-electron chi connectivity index (χ0n) is 11.5. The van der Waals surface area contributed by atoms with Gasteiger partial charge >= 0.3 is 0 Å². The van der Waals surface area contributed by atoms with Gasteiger partial charge in [0.05, 0.1) is 63.3 Å². The largest absolute Gasteiger partial charge is 0.501 e. The van der Waals surface area contributed by atoms with Crippen molar-refractivity contribution in [2.24, 2.45) is 10.8 Å². The molecule has 1 unspecified atom stereocenters. The van der Waals surface area contributed by atoms with Crippen molar-refractivity contribution in [3.8, 4) is 0 Å². The molecular formula is C13H26O6. The van der Waals surface area contributed by atoms with Crippen LogP contribution in [0.4, 0.5) is 0 Å². The molecule has 1 atom stereocenters. The molecule has 0 rings (SSSR count). The molecule has 0 fully saturated rings. The van der Waals surface area contributed by atoms with Crippen LogP contribution in [0.1, 0.15) is 13.3 Å². The molecule has 0 aliphatic rings. The second kappa shape index (κ2) is 9.28. The van der Waals surface area contributed by atoms with Crippen LogP contribution < -0.4 is 0 Å². The van der Waals surface area contributed by atoms with Crippen molar-refractivity contribution < 1.29 is 29.9 Å². The molecule has 0 spiro atoms. The SMILES string of the molecule is C=COCC(CC)(CO)COCC(CO)(CO)CO. The van der Waals surface area contributed by atoms with Crippen LogP contribution in [-0.4, -0.2) is 66.7 Å². The Kier molecular flexibility index (Phi) is 8.95. The number of aliphatic hydroxyl groups excluding tert-OH is 4. The smallest absolute Gasteiger partial charge is 0.0973 e. The molecule has 0 bridgehead atoms. The third-order valence-corrected chi connectivity index (χ3v) is 3.42. The van der Waals surface area contributed by atoms with Gasteiger partial charge in [0.1, 0.15) is 0 Å². The maximum atomic E-state index is 9.46. The predicted octanol–water partition coefficient (Wildman–Crippen LogP) is -0.485. The summed E-state index contributed by atoms with van der Waals surface area (Å²) < 4.78 is 10.6. The van der Waals surface area contributed by atoms with E-state index in [-0.39, 0.29) is 46.2 Å². The zero-order valence-corrected chi connectivity index (χ0v) is 11.5. The fourth-order valence-electron chi connectivity index (χ4n) is 1.46. The molecule has 0 radical (unpaired) electrons. The fraction of sp³-hybridized carbons (Fsp3) is 0.846. The Morgan fingerprint density at radius 2 is 1.37 bits per heavy atom. The van der Waals surface area contributed by atoms with Crippen molar-refractivity contribution in [3.63, 3.8) is 0 Å². The van der Waals surface area contributed by atoms with E-state index < -0.39 is 10.8 Å². The maximum absolute atomic E-state index is 9.46. The average molecular weight is 278 g/mol. The van der Waals surface area contributed by atoms with Gasteiger partial charge in [-0.3, -0.25) is 0 Å². The molecule has 0 saturated heterocycles. The molecule has 0 aromatic carbocycles.